The fraction of sp³-hybridized carbons (Fsp3) is 0.364. The van der Waals surface area contributed by atoms with Gasteiger partial charge in [0.05, 0.1) is 10.7 Å². The summed E-state index contributed by atoms with van der Waals surface area (Å²) in [5.41, 5.74) is 0.770. The highest BCUT2D eigenvalue weighted by molar-refractivity contribution is 7.80. The summed E-state index contributed by atoms with van der Waals surface area (Å²) in [6.45, 7) is 2.04. The summed E-state index contributed by atoms with van der Waals surface area (Å²) >= 11 is 17.3. The number of hydrogen-bond donors (Lipinski definition) is 1. The van der Waals surface area contributed by atoms with Crippen LogP contribution in [0.4, 0.5) is 5.69 Å². The summed E-state index contributed by atoms with van der Waals surface area (Å²) in [5, 5.41) is 5.14. The minimum Gasteiger partial charge on any atom is -0.349 e. The van der Waals surface area contributed by atoms with Crippen LogP contribution >= 0.6 is 35.4 Å². The SMILES string of the molecule is S=C(Nc1cc(Cl)ccc1Cl)N1CCCC1. The Morgan fingerprint density at radius 2 is 1.94 bits per heavy atom. The zero-order valence-electron chi connectivity index (χ0n) is 8.67. The van der Waals surface area contributed by atoms with Gasteiger partial charge < -0.3 is 10.2 Å². The van der Waals surface area contributed by atoms with Gasteiger partial charge >= 0.3 is 0 Å². The first-order valence-corrected chi connectivity index (χ1v) is 6.34. The van der Waals surface area contributed by atoms with Gasteiger partial charge in [-0.15, -0.1) is 0 Å². The molecule has 0 aromatic heterocycles. The number of nitrogens with one attached hydrogen (secondary N) is 1. The second kappa shape index (κ2) is 5.21. The van der Waals surface area contributed by atoms with Crippen LogP contribution in [0.25, 0.3) is 0 Å². The lowest BCUT2D eigenvalue weighted by molar-refractivity contribution is 0.528. The van der Waals surface area contributed by atoms with Crippen LogP contribution in [-0.4, -0.2) is 23.1 Å². The van der Waals surface area contributed by atoms with E-state index < -0.39 is 0 Å². The molecule has 16 heavy (non-hydrogen) atoms. The number of likely N-dealkylation sites (tertiary alicyclic amines) is 1. The zero-order chi connectivity index (χ0) is 11.5. The maximum atomic E-state index is 6.05. The Bertz CT molecular complexity index is 403. The molecule has 0 aliphatic carbocycles. The molecule has 1 aromatic carbocycles. The Morgan fingerprint density at radius 1 is 1.25 bits per heavy atom. The normalized spacial score (nSPS) is 15.2. The van der Waals surface area contributed by atoms with Crippen molar-refractivity contribution in [3.05, 3.63) is 28.2 Å². The molecule has 1 saturated heterocycles. The molecule has 1 heterocycles. The van der Waals surface area contributed by atoms with E-state index in [0.29, 0.717) is 10.0 Å². The molecule has 1 aromatic rings. The first kappa shape index (κ1) is 12.0. The van der Waals surface area contributed by atoms with Gasteiger partial charge in [0.1, 0.15) is 0 Å². The molecular formula is C11H12Cl2N2S. The van der Waals surface area contributed by atoms with Gasteiger partial charge in [-0.05, 0) is 43.3 Å². The minimum absolute atomic E-state index is 0.631. The lowest BCUT2D eigenvalue weighted by atomic mass is 10.3. The molecule has 0 spiro atoms. The summed E-state index contributed by atoms with van der Waals surface area (Å²) in [6, 6.07) is 5.30. The molecule has 2 rings (SSSR count). The topological polar surface area (TPSA) is 15.3 Å². The van der Waals surface area contributed by atoms with Gasteiger partial charge in [-0.25, -0.2) is 0 Å². The maximum Gasteiger partial charge on any atom is 0.173 e. The Labute approximate surface area is 111 Å². The smallest absolute Gasteiger partial charge is 0.173 e. The van der Waals surface area contributed by atoms with Gasteiger partial charge in [0.2, 0.25) is 0 Å². The van der Waals surface area contributed by atoms with Crippen molar-refractivity contribution in [2.75, 3.05) is 18.4 Å². The molecule has 0 bridgehead atoms. The van der Waals surface area contributed by atoms with Gasteiger partial charge in [-0.3, -0.25) is 0 Å². The lowest BCUT2D eigenvalue weighted by Gasteiger charge is -2.20. The molecule has 0 atom stereocenters. The summed E-state index contributed by atoms with van der Waals surface area (Å²) < 4.78 is 0. The standard InChI is InChI=1S/C11H12Cl2N2S/c12-8-3-4-9(13)10(7-8)14-11(16)15-5-1-2-6-15/h3-4,7H,1-2,5-6H2,(H,14,16). The van der Waals surface area contributed by atoms with Gasteiger partial charge in [-0.1, -0.05) is 23.2 Å². The van der Waals surface area contributed by atoms with E-state index in [2.05, 4.69) is 10.2 Å². The van der Waals surface area contributed by atoms with Crippen LogP contribution in [0.2, 0.25) is 10.0 Å². The Balaban J connectivity index is 2.07. The first-order valence-electron chi connectivity index (χ1n) is 5.18. The van der Waals surface area contributed by atoms with E-state index in [-0.39, 0.29) is 0 Å². The van der Waals surface area contributed by atoms with E-state index in [4.69, 9.17) is 35.4 Å². The van der Waals surface area contributed by atoms with Crippen molar-refractivity contribution in [1.29, 1.82) is 0 Å². The predicted octanol–water partition coefficient (Wildman–Crippen LogP) is 3.79. The second-order valence-corrected chi connectivity index (χ2v) is 4.98. The zero-order valence-corrected chi connectivity index (χ0v) is 11.0. The minimum atomic E-state index is 0.631. The van der Waals surface area contributed by atoms with E-state index in [9.17, 15) is 0 Å². The molecule has 1 aliphatic rings. The van der Waals surface area contributed by atoms with Gasteiger partial charge in [0.25, 0.3) is 0 Å². The van der Waals surface area contributed by atoms with Crippen molar-refractivity contribution in [2.24, 2.45) is 0 Å². The highest BCUT2D eigenvalue weighted by Gasteiger charge is 2.15. The maximum absolute atomic E-state index is 6.05. The van der Waals surface area contributed by atoms with E-state index >= 15 is 0 Å². The third-order valence-corrected chi connectivity index (χ3v) is 3.49. The average molecular weight is 275 g/mol. The summed E-state index contributed by atoms with van der Waals surface area (Å²) in [7, 11) is 0. The van der Waals surface area contributed by atoms with Gasteiger partial charge in [-0.2, -0.15) is 0 Å². The Morgan fingerprint density at radius 3 is 2.62 bits per heavy atom. The van der Waals surface area contributed by atoms with E-state index in [0.717, 1.165) is 23.9 Å². The molecule has 5 heteroatoms. The summed E-state index contributed by atoms with van der Waals surface area (Å²) in [4.78, 5) is 2.15. The van der Waals surface area contributed by atoms with Crippen LogP contribution in [0.15, 0.2) is 18.2 Å². The largest absolute Gasteiger partial charge is 0.349 e. The van der Waals surface area contributed by atoms with Crippen molar-refractivity contribution in [3.63, 3.8) is 0 Å². The van der Waals surface area contributed by atoms with Crippen LogP contribution in [0.3, 0.4) is 0 Å². The number of benzene rings is 1. The van der Waals surface area contributed by atoms with E-state index in [1.807, 2.05) is 0 Å². The first-order chi connectivity index (χ1) is 7.66. The van der Waals surface area contributed by atoms with Crippen molar-refractivity contribution >= 4 is 46.2 Å². The highest BCUT2D eigenvalue weighted by Crippen LogP contribution is 2.26. The van der Waals surface area contributed by atoms with Gasteiger partial charge in [0.15, 0.2) is 5.11 Å². The number of thiocarbonyl (C=S) groups is 1. The molecule has 0 radical (unpaired) electrons. The molecule has 2 nitrogen and oxygen atoms in total. The fourth-order valence-corrected chi connectivity index (χ4v) is 2.34. The van der Waals surface area contributed by atoms with E-state index in [1.54, 1.807) is 18.2 Å². The number of rotatable bonds is 1. The number of anilines is 1. The molecular weight excluding hydrogens is 263 g/mol. The number of hydrogen-bond acceptors (Lipinski definition) is 1. The number of nitrogens with zero attached hydrogens (tertiary/aromatic N) is 1. The molecule has 1 fully saturated rings. The van der Waals surface area contributed by atoms with Crippen molar-refractivity contribution in [2.45, 2.75) is 12.8 Å². The van der Waals surface area contributed by atoms with Crippen molar-refractivity contribution in [1.82, 2.24) is 4.90 Å². The van der Waals surface area contributed by atoms with Crippen LogP contribution in [0, 0.1) is 0 Å². The molecule has 0 saturated carbocycles. The van der Waals surface area contributed by atoms with Crippen LogP contribution in [-0.2, 0) is 0 Å². The molecule has 86 valence electrons. The van der Waals surface area contributed by atoms with Crippen molar-refractivity contribution in [3.8, 4) is 0 Å². The summed E-state index contributed by atoms with van der Waals surface area (Å²) in [5.74, 6) is 0. The Kier molecular flexibility index (Phi) is 3.90. The Hall–Kier alpha value is -0.510. The predicted molar refractivity (Wildman–Crippen MR) is 73.5 cm³/mol. The van der Waals surface area contributed by atoms with Crippen LogP contribution < -0.4 is 5.32 Å². The third-order valence-electron chi connectivity index (χ3n) is 2.56. The van der Waals surface area contributed by atoms with Crippen LogP contribution in [0.5, 0.6) is 0 Å². The average Bonchev–Trinajstić information content (AvgIpc) is 2.76. The number of halogens is 2. The summed E-state index contributed by atoms with van der Waals surface area (Å²) in [6.07, 6.45) is 2.40. The quantitative estimate of drug-likeness (QED) is 0.785. The highest BCUT2D eigenvalue weighted by atomic mass is 35.5. The van der Waals surface area contributed by atoms with Crippen LogP contribution in [0.1, 0.15) is 12.8 Å². The third kappa shape index (κ3) is 2.78. The monoisotopic (exact) mass is 274 g/mol. The lowest BCUT2D eigenvalue weighted by Crippen LogP contribution is -2.31. The molecule has 1 aliphatic heterocycles. The fourth-order valence-electron chi connectivity index (χ4n) is 1.71. The molecule has 0 amide bonds. The van der Waals surface area contributed by atoms with Gasteiger partial charge in [0, 0.05) is 18.1 Å². The molecule has 1 N–H and O–H groups in total. The molecule has 0 unspecified atom stereocenters. The van der Waals surface area contributed by atoms with E-state index in [1.165, 1.54) is 12.8 Å². The van der Waals surface area contributed by atoms with Crippen molar-refractivity contribution < 1.29 is 0 Å². The second-order valence-electron chi connectivity index (χ2n) is 3.75.